The van der Waals surface area contributed by atoms with Gasteiger partial charge < -0.3 is 9.80 Å². The third-order valence-corrected chi connectivity index (χ3v) is 5.50. The molecule has 0 spiro atoms. The number of nitrogens with zero attached hydrogens (tertiary/aromatic N) is 5. The van der Waals surface area contributed by atoms with E-state index in [4.69, 9.17) is 11.6 Å². The number of aromatic nitrogens is 3. The fourth-order valence-electron chi connectivity index (χ4n) is 3.00. The largest absolute Gasteiger partial charge is 0.343 e. The highest BCUT2D eigenvalue weighted by Gasteiger charge is 2.25. The smallest absolute Gasteiger partial charge is 0.256 e. The first-order chi connectivity index (χ1) is 12.1. The van der Waals surface area contributed by atoms with Crippen molar-refractivity contribution < 1.29 is 4.79 Å². The Morgan fingerprint density at radius 3 is 2.72 bits per heavy atom. The van der Waals surface area contributed by atoms with E-state index >= 15 is 0 Å². The SMILES string of the molecule is Cc1nsc(N2CCN(C(=O)c3ccc(Cl)c4cccnc34)CC2)n1. The summed E-state index contributed by atoms with van der Waals surface area (Å²) >= 11 is 7.63. The van der Waals surface area contributed by atoms with Gasteiger partial charge in [0.1, 0.15) is 5.82 Å². The first-order valence-corrected chi connectivity index (χ1v) is 9.16. The molecule has 0 radical (unpaired) electrons. The molecule has 3 heterocycles. The zero-order valence-electron chi connectivity index (χ0n) is 13.6. The number of amides is 1. The molecule has 25 heavy (non-hydrogen) atoms. The number of pyridine rings is 1. The van der Waals surface area contributed by atoms with Crippen LogP contribution in [0.2, 0.25) is 5.02 Å². The van der Waals surface area contributed by atoms with Crippen molar-refractivity contribution in [2.45, 2.75) is 6.92 Å². The van der Waals surface area contributed by atoms with Gasteiger partial charge in [0.25, 0.3) is 5.91 Å². The van der Waals surface area contributed by atoms with Crippen LogP contribution >= 0.6 is 23.1 Å². The van der Waals surface area contributed by atoms with E-state index in [1.165, 1.54) is 11.5 Å². The number of hydrogen-bond donors (Lipinski definition) is 0. The summed E-state index contributed by atoms with van der Waals surface area (Å²) in [7, 11) is 0. The number of halogens is 1. The molecule has 0 atom stereocenters. The van der Waals surface area contributed by atoms with Gasteiger partial charge in [0.2, 0.25) is 5.13 Å². The third kappa shape index (κ3) is 3.05. The quantitative estimate of drug-likeness (QED) is 0.691. The van der Waals surface area contributed by atoms with Crippen LogP contribution in [0, 0.1) is 6.92 Å². The summed E-state index contributed by atoms with van der Waals surface area (Å²) in [5.41, 5.74) is 1.25. The Morgan fingerprint density at radius 1 is 1.20 bits per heavy atom. The van der Waals surface area contributed by atoms with Crippen molar-refractivity contribution in [3.63, 3.8) is 0 Å². The van der Waals surface area contributed by atoms with Crippen molar-refractivity contribution >= 4 is 45.1 Å². The van der Waals surface area contributed by atoms with Crippen LogP contribution in [0.25, 0.3) is 10.9 Å². The second-order valence-electron chi connectivity index (χ2n) is 5.90. The number of benzene rings is 1. The lowest BCUT2D eigenvalue weighted by molar-refractivity contribution is 0.0748. The first-order valence-electron chi connectivity index (χ1n) is 8.01. The minimum absolute atomic E-state index is 0.00605. The molecule has 0 bridgehead atoms. The number of anilines is 1. The van der Waals surface area contributed by atoms with Gasteiger partial charge in [-0.05, 0) is 31.2 Å². The zero-order valence-corrected chi connectivity index (χ0v) is 15.2. The Kier molecular flexibility index (Phi) is 4.27. The predicted octanol–water partition coefficient (Wildman–Crippen LogP) is 3.01. The topological polar surface area (TPSA) is 62.2 Å². The summed E-state index contributed by atoms with van der Waals surface area (Å²) in [5.74, 6) is 0.783. The molecule has 1 saturated heterocycles. The monoisotopic (exact) mass is 373 g/mol. The molecule has 2 aromatic heterocycles. The van der Waals surface area contributed by atoms with Crippen LogP contribution in [0.3, 0.4) is 0 Å². The summed E-state index contributed by atoms with van der Waals surface area (Å²) in [5, 5.41) is 2.33. The maximum atomic E-state index is 13.0. The molecule has 1 fully saturated rings. The van der Waals surface area contributed by atoms with Gasteiger partial charge in [-0.25, -0.2) is 4.98 Å². The molecule has 3 aromatic rings. The molecule has 0 saturated carbocycles. The van der Waals surface area contributed by atoms with Crippen LogP contribution in [-0.2, 0) is 0 Å². The number of hydrogen-bond acceptors (Lipinski definition) is 6. The van der Waals surface area contributed by atoms with Crippen LogP contribution in [0.5, 0.6) is 0 Å². The highest BCUT2D eigenvalue weighted by molar-refractivity contribution is 7.09. The highest BCUT2D eigenvalue weighted by Crippen LogP contribution is 2.26. The average Bonchev–Trinajstić information content (AvgIpc) is 3.08. The average molecular weight is 374 g/mol. The van der Waals surface area contributed by atoms with Crippen molar-refractivity contribution in [1.82, 2.24) is 19.2 Å². The van der Waals surface area contributed by atoms with E-state index in [-0.39, 0.29) is 5.91 Å². The van der Waals surface area contributed by atoms with Gasteiger partial charge in [-0.3, -0.25) is 9.78 Å². The van der Waals surface area contributed by atoms with E-state index in [0.29, 0.717) is 29.2 Å². The number of carbonyl (C=O) groups excluding carboxylic acids is 1. The van der Waals surface area contributed by atoms with Crippen molar-refractivity contribution in [2.75, 3.05) is 31.1 Å². The molecule has 0 aliphatic carbocycles. The Bertz CT molecular complexity index is 936. The van der Waals surface area contributed by atoms with Gasteiger partial charge in [-0.1, -0.05) is 11.6 Å². The van der Waals surface area contributed by atoms with E-state index in [1.54, 1.807) is 18.3 Å². The minimum atomic E-state index is -0.00605. The maximum absolute atomic E-state index is 13.0. The molecule has 1 amide bonds. The molecule has 8 heteroatoms. The number of piperazine rings is 1. The summed E-state index contributed by atoms with van der Waals surface area (Å²) in [6, 6.07) is 7.24. The van der Waals surface area contributed by atoms with Crippen LogP contribution in [0.15, 0.2) is 30.5 Å². The van der Waals surface area contributed by atoms with Gasteiger partial charge in [0.15, 0.2) is 0 Å². The summed E-state index contributed by atoms with van der Waals surface area (Å²) in [4.78, 5) is 25.8. The number of fused-ring (bicyclic) bond motifs is 1. The maximum Gasteiger partial charge on any atom is 0.256 e. The van der Waals surface area contributed by atoms with Crippen LogP contribution < -0.4 is 4.90 Å². The standard InChI is InChI=1S/C17H16ClN5OS/c1-11-20-17(25-21-11)23-9-7-22(8-10-23)16(24)13-4-5-14(18)12-3-2-6-19-15(12)13/h2-6H,7-10H2,1H3. The molecule has 0 unspecified atom stereocenters. The molecular weight excluding hydrogens is 358 g/mol. The van der Waals surface area contributed by atoms with Crippen molar-refractivity contribution in [2.24, 2.45) is 0 Å². The number of rotatable bonds is 2. The molecule has 0 N–H and O–H groups in total. The van der Waals surface area contributed by atoms with Crippen molar-refractivity contribution in [3.8, 4) is 0 Å². The van der Waals surface area contributed by atoms with Gasteiger partial charge in [-0.2, -0.15) is 4.37 Å². The van der Waals surface area contributed by atoms with Crippen LogP contribution in [0.1, 0.15) is 16.2 Å². The van der Waals surface area contributed by atoms with E-state index in [1.807, 2.05) is 24.0 Å². The van der Waals surface area contributed by atoms with Crippen molar-refractivity contribution in [1.29, 1.82) is 0 Å². The van der Waals surface area contributed by atoms with E-state index in [2.05, 4.69) is 19.2 Å². The number of aryl methyl sites for hydroxylation is 1. The molecule has 128 valence electrons. The number of carbonyl (C=O) groups is 1. The fourth-order valence-corrected chi connectivity index (χ4v) is 3.94. The van der Waals surface area contributed by atoms with Gasteiger partial charge in [0.05, 0.1) is 16.1 Å². The second kappa shape index (κ2) is 6.57. The van der Waals surface area contributed by atoms with Crippen LogP contribution in [0.4, 0.5) is 5.13 Å². The highest BCUT2D eigenvalue weighted by atomic mass is 35.5. The summed E-state index contributed by atoms with van der Waals surface area (Å²) in [6.45, 7) is 4.68. The fraction of sp³-hybridized carbons (Fsp3) is 0.294. The Balaban J connectivity index is 1.54. The van der Waals surface area contributed by atoms with Gasteiger partial charge >= 0.3 is 0 Å². The van der Waals surface area contributed by atoms with E-state index < -0.39 is 0 Å². The van der Waals surface area contributed by atoms with Gasteiger partial charge in [0, 0.05) is 49.3 Å². The molecule has 1 aromatic carbocycles. The van der Waals surface area contributed by atoms with E-state index in [9.17, 15) is 4.79 Å². The van der Waals surface area contributed by atoms with E-state index in [0.717, 1.165) is 29.4 Å². The third-order valence-electron chi connectivity index (χ3n) is 4.30. The van der Waals surface area contributed by atoms with Crippen molar-refractivity contribution in [3.05, 3.63) is 46.9 Å². The Hall–Kier alpha value is -2.25. The second-order valence-corrected chi connectivity index (χ2v) is 7.04. The minimum Gasteiger partial charge on any atom is -0.343 e. The Morgan fingerprint density at radius 2 is 2.00 bits per heavy atom. The summed E-state index contributed by atoms with van der Waals surface area (Å²) in [6.07, 6.45) is 1.69. The van der Waals surface area contributed by atoms with Gasteiger partial charge in [-0.15, -0.1) is 0 Å². The lowest BCUT2D eigenvalue weighted by Gasteiger charge is -2.34. The molecule has 6 nitrogen and oxygen atoms in total. The molecular formula is C17H16ClN5OS. The molecule has 1 aliphatic rings. The molecule has 1 aliphatic heterocycles. The lowest BCUT2D eigenvalue weighted by atomic mass is 10.1. The van der Waals surface area contributed by atoms with Crippen LogP contribution in [-0.4, -0.2) is 51.3 Å². The lowest BCUT2D eigenvalue weighted by Crippen LogP contribution is -2.48. The normalized spacial score (nSPS) is 15.0. The molecule has 4 rings (SSSR count). The zero-order chi connectivity index (χ0) is 17.4. The summed E-state index contributed by atoms with van der Waals surface area (Å²) < 4.78 is 4.22. The Labute approximate surface area is 154 Å². The first kappa shape index (κ1) is 16.2. The predicted molar refractivity (Wildman–Crippen MR) is 99.5 cm³/mol.